The highest BCUT2D eigenvalue weighted by atomic mass is 16.5. The standard InChI is InChI=1S/C16H24N6O5/c1-3-4-8(17)14(25)21-10-9(5-23)27-16(12(10)24)22-6-18-11-13(22)19-7(2)20-15(11)26/h6,8-10,12,16,19,23-24H,2-5,17H2,1H3,(H,20,26)(H,21,25)/t8?,9-,10?,12+,16-/m1/s1. The number of nitrogens with zero attached hydrogens (tertiary/aromatic N) is 2. The van der Waals surface area contributed by atoms with Crippen LogP contribution in [0.3, 0.4) is 0 Å². The highest BCUT2D eigenvalue weighted by Gasteiger charge is 2.46. The SMILES string of the molecule is C=C1NC(=O)c2ncn([C@@H]3O[C@H](CO)C(NC(=O)C(N)CCC)[C@@H]3O)c2N1. The number of hydrogen-bond acceptors (Lipinski definition) is 8. The van der Waals surface area contributed by atoms with E-state index in [1.165, 1.54) is 10.9 Å². The third-order valence-corrected chi connectivity index (χ3v) is 4.62. The summed E-state index contributed by atoms with van der Waals surface area (Å²) in [5.41, 5.74) is 5.93. The number of ether oxygens (including phenoxy) is 1. The maximum absolute atomic E-state index is 12.2. The van der Waals surface area contributed by atoms with Gasteiger partial charge in [-0.1, -0.05) is 19.9 Å². The van der Waals surface area contributed by atoms with Crippen LogP contribution in [0.2, 0.25) is 0 Å². The van der Waals surface area contributed by atoms with Crippen LogP contribution in [0.4, 0.5) is 5.82 Å². The summed E-state index contributed by atoms with van der Waals surface area (Å²) >= 11 is 0. The molecule has 0 aromatic carbocycles. The number of nitrogens with two attached hydrogens (primary N) is 1. The lowest BCUT2D eigenvalue weighted by Crippen LogP contribution is -2.53. The zero-order chi connectivity index (χ0) is 19.7. The van der Waals surface area contributed by atoms with Gasteiger partial charge in [-0.3, -0.25) is 14.2 Å². The average Bonchev–Trinajstić information content (AvgIpc) is 3.17. The summed E-state index contributed by atoms with van der Waals surface area (Å²) in [5, 5.41) is 28.4. The van der Waals surface area contributed by atoms with Gasteiger partial charge in [0.2, 0.25) is 5.91 Å². The van der Waals surface area contributed by atoms with Gasteiger partial charge in [0.1, 0.15) is 23.8 Å². The highest BCUT2D eigenvalue weighted by Crippen LogP contribution is 2.34. The van der Waals surface area contributed by atoms with E-state index in [0.717, 1.165) is 6.42 Å². The van der Waals surface area contributed by atoms with Gasteiger partial charge >= 0.3 is 0 Å². The number of imidazole rings is 1. The van der Waals surface area contributed by atoms with Crippen molar-refractivity contribution < 1.29 is 24.5 Å². The minimum atomic E-state index is -1.20. The van der Waals surface area contributed by atoms with E-state index in [1.54, 1.807) is 0 Å². The van der Waals surface area contributed by atoms with E-state index in [2.05, 4.69) is 27.5 Å². The van der Waals surface area contributed by atoms with Crippen LogP contribution in [0.15, 0.2) is 18.7 Å². The van der Waals surface area contributed by atoms with E-state index < -0.39 is 48.9 Å². The molecule has 3 heterocycles. The van der Waals surface area contributed by atoms with Crippen LogP contribution in [0.25, 0.3) is 0 Å². The van der Waals surface area contributed by atoms with Gasteiger partial charge in [-0.25, -0.2) is 4.98 Å². The smallest absolute Gasteiger partial charge is 0.279 e. The molecule has 3 rings (SSSR count). The number of aromatic nitrogens is 2. The minimum Gasteiger partial charge on any atom is -0.394 e. The van der Waals surface area contributed by atoms with E-state index >= 15 is 0 Å². The van der Waals surface area contributed by atoms with Crippen LogP contribution >= 0.6 is 0 Å². The number of anilines is 1. The first-order chi connectivity index (χ1) is 12.9. The van der Waals surface area contributed by atoms with Gasteiger partial charge in [0.15, 0.2) is 11.9 Å². The summed E-state index contributed by atoms with van der Waals surface area (Å²) in [6, 6.07) is -1.58. The van der Waals surface area contributed by atoms with Crippen molar-refractivity contribution in [2.24, 2.45) is 5.73 Å². The van der Waals surface area contributed by atoms with Crippen molar-refractivity contribution in [2.75, 3.05) is 11.9 Å². The van der Waals surface area contributed by atoms with Gasteiger partial charge in [-0.2, -0.15) is 0 Å². The second-order valence-electron chi connectivity index (χ2n) is 6.57. The van der Waals surface area contributed by atoms with Crippen LogP contribution in [-0.2, 0) is 9.53 Å². The van der Waals surface area contributed by atoms with Crippen molar-refractivity contribution in [3.05, 3.63) is 24.4 Å². The Morgan fingerprint density at radius 2 is 2.30 bits per heavy atom. The molecular formula is C16H24N6O5. The summed E-state index contributed by atoms with van der Waals surface area (Å²) in [5.74, 6) is -0.300. The van der Waals surface area contributed by atoms with Crippen molar-refractivity contribution in [1.82, 2.24) is 20.2 Å². The molecule has 0 aliphatic carbocycles. The molecule has 2 aliphatic heterocycles. The number of hydrogen-bond donors (Lipinski definition) is 6. The summed E-state index contributed by atoms with van der Waals surface area (Å²) < 4.78 is 7.16. The topological polar surface area (TPSA) is 164 Å². The average molecular weight is 380 g/mol. The predicted molar refractivity (Wildman–Crippen MR) is 94.3 cm³/mol. The lowest BCUT2D eigenvalue weighted by Gasteiger charge is -2.24. The second-order valence-corrected chi connectivity index (χ2v) is 6.57. The van der Waals surface area contributed by atoms with Gasteiger partial charge in [0.25, 0.3) is 5.91 Å². The molecule has 148 valence electrons. The molecule has 27 heavy (non-hydrogen) atoms. The lowest BCUT2D eigenvalue weighted by atomic mass is 10.1. The Morgan fingerprint density at radius 1 is 1.56 bits per heavy atom. The summed E-state index contributed by atoms with van der Waals surface area (Å²) in [6.07, 6.45) is -0.440. The van der Waals surface area contributed by atoms with Crippen LogP contribution < -0.4 is 21.7 Å². The Balaban J connectivity index is 1.82. The van der Waals surface area contributed by atoms with Crippen molar-refractivity contribution in [3.8, 4) is 0 Å². The van der Waals surface area contributed by atoms with Crippen LogP contribution in [0, 0.1) is 0 Å². The molecule has 0 saturated carbocycles. The van der Waals surface area contributed by atoms with Crippen LogP contribution in [-0.4, -0.2) is 62.5 Å². The van der Waals surface area contributed by atoms with E-state index in [4.69, 9.17) is 10.5 Å². The first-order valence-corrected chi connectivity index (χ1v) is 8.71. The normalized spacial score (nSPS) is 28.3. The largest absolute Gasteiger partial charge is 0.394 e. The Kier molecular flexibility index (Phi) is 5.46. The molecule has 0 spiro atoms. The molecule has 1 aromatic rings. The van der Waals surface area contributed by atoms with Crippen LogP contribution in [0.5, 0.6) is 0 Å². The Hall–Kier alpha value is -2.47. The fourth-order valence-electron chi connectivity index (χ4n) is 3.23. The van der Waals surface area contributed by atoms with Gasteiger partial charge in [-0.05, 0) is 6.42 Å². The summed E-state index contributed by atoms with van der Waals surface area (Å²) in [4.78, 5) is 28.2. The number of aliphatic hydroxyl groups is 2. The van der Waals surface area contributed by atoms with Gasteiger partial charge in [0, 0.05) is 0 Å². The van der Waals surface area contributed by atoms with E-state index in [-0.39, 0.29) is 11.5 Å². The molecular weight excluding hydrogens is 356 g/mol. The Morgan fingerprint density at radius 3 is 2.96 bits per heavy atom. The quantitative estimate of drug-likeness (QED) is 0.342. The van der Waals surface area contributed by atoms with Crippen molar-refractivity contribution in [3.63, 3.8) is 0 Å². The Labute approximate surface area is 155 Å². The van der Waals surface area contributed by atoms with Gasteiger partial charge in [-0.15, -0.1) is 0 Å². The highest BCUT2D eigenvalue weighted by molar-refractivity contribution is 6.00. The second kappa shape index (κ2) is 7.64. The number of fused-ring (bicyclic) bond motifs is 1. The first kappa shape index (κ1) is 19.3. The number of rotatable bonds is 6. The fraction of sp³-hybridized carbons (Fsp3) is 0.562. The Bertz CT molecular complexity index is 750. The molecule has 11 heteroatoms. The van der Waals surface area contributed by atoms with Crippen LogP contribution in [0.1, 0.15) is 36.5 Å². The first-order valence-electron chi connectivity index (χ1n) is 8.71. The third kappa shape index (κ3) is 3.54. The molecule has 1 aromatic heterocycles. The van der Waals surface area contributed by atoms with E-state index in [1.807, 2.05) is 6.92 Å². The number of aliphatic hydroxyl groups excluding tert-OH is 2. The number of nitrogens with one attached hydrogen (secondary N) is 3. The monoisotopic (exact) mass is 380 g/mol. The molecule has 1 saturated heterocycles. The molecule has 2 unspecified atom stereocenters. The summed E-state index contributed by atoms with van der Waals surface area (Å²) in [6.45, 7) is 5.15. The zero-order valence-electron chi connectivity index (χ0n) is 14.9. The maximum atomic E-state index is 12.2. The number of amides is 2. The van der Waals surface area contributed by atoms with E-state index in [0.29, 0.717) is 12.2 Å². The zero-order valence-corrected chi connectivity index (χ0v) is 14.9. The van der Waals surface area contributed by atoms with Gasteiger partial charge < -0.3 is 36.6 Å². The molecule has 2 aliphatic rings. The van der Waals surface area contributed by atoms with Crippen molar-refractivity contribution >= 4 is 17.6 Å². The van der Waals surface area contributed by atoms with Gasteiger partial charge in [0.05, 0.1) is 25.0 Å². The maximum Gasteiger partial charge on any atom is 0.279 e. The summed E-state index contributed by atoms with van der Waals surface area (Å²) in [7, 11) is 0. The molecule has 5 atom stereocenters. The lowest BCUT2D eigenvalue weighted by molar-refractivity contribution is -0.124. The molecule has 1 fully saturated rings. The third-order valence-electron chi connectivity index (χ3n) is 4.62. The molecule has 7 N–H and O–H groups in total. The molecule has 2 amide bonds. The predicted octanol–water partition coefficient (Wildman–Crippen LogP) is -1.63. The van der Waals surface area contributed by atoms with Crippen molar-refractivity contribution in [2.45, 2.75) is 50.3 Å². The molecule has 0 radical (unpaired) electrons. The molecule has 11 nitrogen and oxygen atoms in total. The van der Waals surface area contributed by atoms with E-state index in [9.17, 15) is 19.8 Å². The fourth-order valence-corrected chi connectivity index (χ4v) is 3.23. The minimum absolute atomic E-state index is 0.121. The number of carbonyl (C=O) groups excluding carboxylic acids is 2. The number of carbonyl (C=O) groups is 2. The van der Waals surface area contributed by atoms with Crippen molar-refractivity contribution in [1.29, 1.82) is 0 Å². The molecule has 0 bridgehead atoms.